The number of hydrazine groups is 2. The van der Waals surface area contributed by atoms with Crippen molar-refractivity contribution in [2.75, 3.05) is 5.73 Å². The Balaban J connectivity index is 2.31. The summed E-state index contributed by atoms with van der Waals surface area (Å²) in [6, 6.07) is 14.8. The van der Waals surface area contributed by atoms with E-state index in [0.29, 0.717) is 5.56 Å². The zero-order valence-corrected chi connectivity index (χ0v) is 10.6. The minimum absolute atomic E-state index is 0.203. The molecule has 0 aliphatic heterocycles. The lowest BCUT2D eigenvalue weighted by atomic mass is 10.1. The number of hydrogen-bond donors (Lipinski definition) is 3. The van der Waals surface area contributed by atoms with E-state index in [1.54, 1.807) is 48.5 Å². The number of hydrogen-bond acceptors (Lipinski definition) is 5. The first-order valence-electron chi connectivity index (χ1n) is 5.89. The van der Waals surface area contributed by atoms with E-state index < -0.39 is 11.8 Å². The molecule has 0 aliphatic carbocycles. The van der Waals surface area contributed by atoms with Crippen molar-refractivity contribution in [1.29, 1.82) is 0 Å². The fourth-order valence-corrected chi connectivity index (χ4v) is 1.73. The summed E-state index contributed by atoms with van der Waals surface area (Å²) in [5.74, 6) is 4.13. The molecule has 0 spiro atoms. The van der Waals surface area contributed by atoms with E-state index in [-0.39, 0.29) is 11.3 Å². The molecule has 0 heterocycles. The summed E-state index contributed by atoms with van der Waals surface area (Å²) in [7, 11) is 0. The van der Waals surface area contributed by atoms with Gasteiger partial charge < -0.3 is 5.73 Å². The zero-order valence-electron chi connectivity index (χ0n) is 10.6. The molecule has 6 heteroatoms. The van der Waals surface area contributed by atoms with Crippen molar-refractivity contribution in [2.24, 2.45) is 5.84 Å². The van der Waals surface area contributed by atoms with Gasteiger partial charge in [0.2, 0.25) is 0 Å². The Morgan fingerprint density at radius 2 is 1.50 bits per heavy atom. The highest BCUT2D eigenvalue weighted by Gasteiger charge is 2.24. The average Bonchev–Trinajstić information content (AvgIpc) is 2.49. The van der Waals surface area contributed by atoms with Gasteiger partial charge in [0.25, 0.3) is 11.8 Å². The molecule has 0 aliphatic rings. The average molecular weight is 270 g/mol. The number of nitrogens with zero attached hydrogens (tertiary/aromatic N) is 1. The van der Waals surface area contributed by atoms with Crippen molar-refractivity contribution >= 4 is 17.5 Å². The van der Waals surface area contributed by atoms with Gasteiger partial charge in [-0.1, -0.05) is 30.3 Å². The smallest absolute Gasteiger partial charge is 0.278 e. The quantitative estimate of drug-likeness (QED) is 0.333. The molecule has 102 valence electrons. The summed E-state index contributed by atoms with van der Waals surface area (Å²) in [4.78, 5) is 24.5. The van der Waals surface area contributed by atoms with E-state index >= 15 is 0 Å². The summed E-state index contributed by atoms with van der Waals surface area (Å²) < 4.78 is 0. The van der Waals surface area contributed by atoms with Crippen LogP contribution in [0.2, 0.25) is 0 Å². The van der Waals surface area contributed by atoms with Gasteiger partial charge in [0.15, 0.2) is 0 Å². The number of imide groups is 1. The summed E-state index contributed by atoms with van der Waals surface area (Å²) in [5.41, 5.74) is 8.65. The van der Waals surface area contributed by atoms with E-state index in [4.69, 9.17) is 11.6 Å². The minimum Gasteiger partial charge on any atom is -0.398 e. The predicted molar refractivity (Wildman–Crippen MR) is 75.1 cm³/mol. The van der Waals surface area contributed by atoms with Gasteiger partial charge in [0.05, 0.1) is 5.56 Å². The van der Waals surface area contributed by atoms with Crippen LogP contribution in [0.3, 0.4) is 0 Å². The third-order valence-corrected chi connectivity index (χ3v) is 2.75. The first-order chi connectivity index (χ1) is 9.65. The molecule has 6 nitrogen and oxygen atoms in total. The number of carbonyl (C=O) groups excluding carboxylic acids is 2. The second-order valence-corrected chi connectivity index (χ2v) is 4.03. The van der Waals surface area contributed by atoms with Gasteiger partial charge in [-0.25, -0.2) is 0 Å². The molecular weight excluding hydrogens is 256 g/mol. The molecule has 2 aromatic rings. The normalized spacial score (nSPS) is 10.1. The fourth-order valence-electron chi connectivity index (χ4n) is 1.73. The molecule has 0 bridgehead atoms. The predicted octanol–water partition coefficient (Wildman–Crippen LogP) is 0.930. The van der Waals surface area contributed by atoms with E-state index in [1.165, 1.54) is 6.07 Å². The number of para-hydroxylation sites is 1. The number of nitrogens with one attached hydrogen (secondary N) is 1. The third-order valence-electron chi connectivity index (χ3n) is 2.75. The van der Waals surface area contributed by atoms with Gasteiger partial charge in [-0.15, -0.1) is 0 Å². The first-order valence-corrected chi connectivity index (χ1v) is 5.89. The van der Waals surface area contributed by atoms with Crippen LogP contribution in [0.1, 0.15) is 20.7 Å². The highest BCUT2D eigenvalue weighted by molar-refractivity contribution is 6.11. The van der Waals surface area contributed by atoms with Crippen molar-refractivity contribution in [3.8, 4) is 0 Å². The molecule has 0 unspecified atom stereocenters. The number of anilines is 1. The number of nitrogens with two attached hydrogens (primary N) is 2. The summed E-state index contributed by atoms with van der Waals surface area (Å²) in [6.45, 7) is 0. The topological polar surface area (TPSA) is 101 Å². The standard InChI is InChI=1S/C14H14N4O2/c15-12-9-5-4-8-11(12)14(20)18(17-16)13(19)10-6-2-1-3-7-10/h1-9,17H,15-16H2. The van der Waals surface area contributed by atoms with E-state index in [1.807, 2.05) is 0 Å². The van der Waals surface area contributed by atoms with Gasteiger partial charge in [-0.3, -0.25) is 15.4 Å². The Labute approximate surface area is 115 Å². The summed E-state index contributed by atoms with van der Waals surface area (Å²) in [6.07, 6.45) is 0. The van der Waals surface area contributed by atoms with E-state index in [0.717, 1.165) is 5.01 Å². The van der Waals surface area contributed by atoms with Crippen LogP contribution in [-0.4, -0.2) is 16.8 Å². The van der Waals surface area contributed by atoms with Crippen LogP contribution in [0.25, 0.3) is 0 Å². The number of amides is 2. The van der Waals surface area contributed by atoms with Crippen LogP contribution in [0, 0.1) is 0 Å². The van der Waals surface area contributed by atoms with Gasteiger partial charge in [0.1, 0.15) is 0 Å². The molecule has 0 radical (unpaired) electrons. The largest absolute Gasteiger partial charge is 0.398 e. The van der Waals surface area contributed by atoms with Gasteiger partial charge in [0, 0.05) is 11.3 Å². The van der Waals surface area contributed by atoms with Gasteiger partial charge in [-0.2, -0.15) is 10.5 Å². The van der Waals surface area contributed by atoms with Gasteiger partial charge >= 0.3 is 0 Å². The lowest BCUT2D eigenvalue weighted by Crippen LogP contribution is -2.50. The van der Waals surface area contributed by atoms with Crippen LogP contribution in [0.5, 0.6) is 0 Å². The van der Waals surface area contributed by atoms with E-state index in [9.17, 15) is 9.59 Å². The Kier molecular flexibility index (Phi) is 4.09. The molecule has 2 amide bonds. The van der Waals surface area contributed by atoms with Crippen molar-refractivity contribution in [2.45, 2.75) is 0 Å². The molecule has 20 heavy (non-hydrogen) atoms. The lowest BCUT2D eigenvalue weighted by Gasteiger charge is -2.19. The Bertz CT molecular complexity index is 628. The maximum atomic E-state index is 12.3. The van der Waals surface area contributed by atoms with Gasteiger partial charge in [-0.05, 0) is 24.3 Å². The Hall–Kier alpha value is -2.70. The Morgan fingerprint density at radius 3 is 2.10 bits per heavy atom. The van der Waals surface area contributed by atoms with Crippen LogP contribution in [0.4, 0.5) is 5.69 Å². The van der Waals surface area contributed by atoms with Crippen LogP contribution >= 0.6 is 0 Å². The second-order valence-electron chi connectivity index (χ2n) is 4.03. The third kappa shape index (κ3) is 2.66. The minimum atomic E-state index is -0.612. The van der Waals surface area contributed by atoms with Crippen LogP contribution in [-0.2, 0) is 0 Å². The second kappa shape index (κ2) is 5.96. The molecular formula is C14H14N4O2. The maximum Gasteiger partial charge on any atom is 0.278 e. The highest BCUT2D eigenvalue weighted by atomic mass is 16.2. The molecule has 2 rings (SSSR count). The number of carbonyl (C=O) groups is 2. The number of nitrogen functional groups attached to an aromatic ring is 1. The first kappa shape index (κ1) is 13.7. The molecule has 5 N–H and O–H groups in total. The molecule has 2 aromatic carbocycles. The number of benzene rings is 2. The van der Waals surface area contributed by atoms with Crippen molar-refractivity contribution in [3.05, 3.63) is 65.7 Å². The molecule has 0 aromatic heterocycles. The van der Waals surface area contributed by atoms with Crippen molar-refractivity contribution in [3.63, 3.8) is 0 Å². The molecule has 0 saturated carbocycles. The summed E-state index contributed by atoms with van der Waals surface area (Å²) in [5, 5.41) is 0.723. The van der Waals surface area contributed by atoms with Crippen molar-refractivity contribution < 1.29 is 9.59 Å². The highest BCUT2D eigenvalue weighted by Crippen LogP contribution is 2.14. The molecule has 0 atom stereocenters. The summed E-state index contributed by atoms with van der Waals surface area (Å²) >= 11 is 0. The lowest BCUT2D eigenvalue weighted by molar-refractivity contribution is 0.0528. The zero-order chi connectivity index (χ0) is 14.5. The van der Waals surface area contributed by atoms with Crippen LogP contribution in [0.15, 0.2) is 54.6 Å². The number of rotatable bonds is 3. The van der Waals surface area contributed by atoms with Crippen molar-refractivity contribution in [1.82, 2.24) is 10.5 Å². The maximum absolute atomic E-state index is 12.3. The van der Waals surface area contributed by atoms with E-state index in [2.05, 4.69) is 5.53 Å². The SMILES string of the molecule is NNN(C(=O)c1ccccc1)C(=O)c1ccccc1N. The van der Waals surface area contributed by atoms with Crippen LogP contribution < -0.4 is 17.1 Å². The Morgan fingerprint density at radius 1 is 0.900 bits per heavy atom. The fraction of sp³-hybridized carbons (Fsp3) is 0. The monoisotopic (exact) mass is 270 g/mol. The molecule has 0 fully saturated rings. The molecule has 0 saturated heterocycles.